The molecule has 1 aliphatic heterocycles. The standard InChI is InChI=1S/C34H28N2O4/c1-2-39-28-18-22(16-17-27(28)40-20-21-10-4-3-5-11-21)19-35-36-33(37)31-29-23-12-6-7-13-24(23)30(32(31)34(36)38)26-15-9-8-14-25(26)29/h3-19,29-32H,2,20H2,1H3/b35-19-/t29?,30?,31-,32-/m0/s1. The maximum Gasteiger partial charge on any atom is 0.254 e. The van der Waals surface area contributed by atoms with E-state index in [9.17, 15) is 9.59 Å². The molecule has 8 rings (SSSR count). The molecule has 0 aromatic heterocycles. The Kier molecular flexibility index (Phi) is 5.96. The van der Waals surface area contributed by atoms with Gasteiger partial charge in [0.05, 0.1) is 24.7 Å². The van der Waals surface area contributed by atoms with Crippen molar-refractivity contribution in [3.8, 4) is 11.5 Å². The maximum absolute atomic E-state index is 13.8. The van der Waals surface area contributed by atoms with Crippen molar-refractivity contribution < 1.29 is 19.1 Å². The molecule has 0 radical (unpaired) electrons. The summed E-state index contributed by atoms with van der Waals surface area (Å²) in [6.45, 7) is 2.80. The van der Waals surface area contributed by atoms with Crippen molar-refractivity contribution in [3.63, 3.8) is 0 Å². The summed E-state index contributed by atoms with van der Waals surface area (Å²) in [6.07, 6.45) is 1.55. The third kappa shape index (κ3) is 3.82. The molecule has 2 atom stereocenters. The molecule has 1 saturated heterocycles. The molecule has 0 spiro atoms. The zero-order chi connectivity index (χ0) is 27.2. The molecule has 40 heavy (non-hydrogen) atoms. The van der Waals surface area contributed by atoms with Gasteiger partial charge >= 0.3 is 0 Å². The molecule has 1 fully saturated rings. The van der Waals surface area contributed by atoms with E-state index < -0.39 is 11.8 Å². The fraction of sp³-hybridized carbons (Fsp3) is 0.206. The number of hydrazone groups is 1. The second-order valence-electron chi connectivity index (χ2n) is 10.4. The topological polar surface area (TPSA) is 68.2 Å². The van der Waals surface area contributed by atoms with E-state index >= 15 is 0 Å². The quantitative estimate of drug-likeness (QED) is 0.222. The highest BCUT2D eigenvalue weighted by atomic mass is 16.5. The lowest BCUT2D eigenvalue weighted by Gasteiger charge is -2.45. The van der Waals surface area contributed by atoms with Gasteiger partial charge in [0, 0.05) is 11.8 Å². The first-order valence-electron chi connectivity index (χ1n) is 13.7. The highest BCUT2D eigenvalue weighted by molar-refractivity contribution is 6.08. The summed E-state index contributed by atoms with van der Waals surface area (Å²) in [4.78, 5) is 27.5. The first kappa shape index (κ1) is 24.3. The molecule has 6 heteroatoms. The van der Waals surface area contributed by atoms with E-state index in [0.29, 0.717) is 30.3 Å². The number of carbonyl (C=O) groups is 2. The molecule has 6 nitrogen and oxygen atoms in total. The van der Waals surface area contributed by atoms with Crippen molar-refractivity contribution in [2.45, 2.75) is 25.4 Å². The minimum atomic E-state index is -0.452. The monoisotopic (exact) mass is 528 g/mol. The third-order valence-corrected chi connectivity index (χ3v) is 8.25. The van der Waals surface area contributed by atoms with E-state index in [1.807, 2.05) is 79.7 Å². The summed E-state index contributed by atoms with van der Waals surface area (Å²) in [7, 11) is 0. The molecule has 0 N–H and O–H groups in total. The average Bonchev–Trinajstić information content (AvgIpc) is 3.25. The van der Waals surface area contributed by atoms with E-state index in [1.54, 1.807) is 6.21 Å². The number of ether oxygens (including phenoxy) is 2. The molecule has 4 aromatic rings. The van der Waals surface area contributed by atoms with Gasteiger partial charge in [-0.15, -0.1) is 0 Å². The molecule has 3 aliphatic carbocycles. The number of hydrogen-bond donors (Lipinski definition) is 0. The van der Waals surface area contributed by atoms with E-state index in [0.717, 1.165) is 32.8 Å². The van der Waals surface area contributed by atoms with Crippen LogP contribution in [0.2, 0.25) is 0 Å². The van der Waals surface area contributed by atoms with Gasteiger partial charge in [-0.3, -0.25) is 9.59 Å². The van der Waals surface area contributed by atoms with Crippen LogP contribution in [-0.4, -0.2) is 29.6 Å². The van der Waals surface area contributed by atoms with E-state index in [2.05, 4.69) is 29.4 Å². The van der Waals surface area contributed by atoms with Crippen LogP contribution in [0.4, 0.5) is 0 Å². The number of rotatable bonds is 7. The summed E-state index contributed by atoms with van der Waals surface area (Å²) >= 11 is 0. The van der Waals surface area contributed by atoms with Crippen LogP contribution in [0.1, 0.15) is 52.1 Å². The van der Waals surface area contributed by atoms with E-state index in [-0.39, 0.29) is 23.7 Å². The van der Waals surface area contributed by atoms with Crippen LogP contribution in [0.25, 0.3) is 0 Å². The van der Waals surface area contributed by atoms with Gasteiger partial charge in [0.1, 0.15) is 6.61 Å². The fourth-order valence-corrected chi connectivity index (χ4v) is 6.63. The Morgan fingerprint density at radius 2 is 1.25 bits per heavy atom. The Morgan fingerprint density at radius 1 is 0.700 bits per heavy atom. The molecule has 0 unspecified atom stereocenters. The normalized spacial score (nSPS) is 22.3. The predicted octanol–water partition coefficient (Wildman–Crippen LogP) is 5.89. The van der Waals surface area contributed by atoms with Crippen LogP contribution in [-0.2, 0) is 16.2 Å². The molecule has 1 heterocycles. The maximum atomic E-state index is 13.8. The summed E-state index contributed by atoms with van der Waals surface area (Å²) < 4.78 is 11.8. The SMILES string of the molecule is CCOc1cc(/C=N\N2C(=O)[C@H]3C4c5ccccc5C(c5ccccc54)[C@@H]3C2=O)ccc1OCc1ccccc1. The minimum Gasteiger partial charge on any atom is -0.490 e. The largest absolute Gasteiger partial charge is 0.490 e. The van der Waals surface area contributed by atoms with E-state index in [1.165, 1.54) is 0 Å². The fourth-order valence-electron chi connectivity index (χ4n) is 6.63. The van der Waals surface area contributed by atoms with Crippen LogP contribution in [0.15, 0.2) is 102 Å². The highest BCUT2D eigenvalue weighted by Crippen LogP contribution is 2.60. The first-order chi connectivity index (χ1) is 19.7. The van der Waals surface area contributed by atoms with Crippen molar-refractivity contribution in [2.75, 3.05) is 6.61 Å². The predicted molar refractivity (Wildman–Crippen MR) is 151 cm³/mol. The lowest BCUT2D eigenvalue weighted by Crippen LogP contribution is -2.41. The Bertz CT molecular complexity index is 1530. The molecular weight excluding hydrogens is 500 g/mol. The highest BCUT2D eigenvalue weighted by Gasteiger charge is 2.61. The average molecular weight is 529 g/mol. The number of benzene rings is 4. The van der Waals surface area contributed by atoms with Crippen LogP contribution in [0, 0.1) is 11.8 Å². The molecule has 4 aliphatic rings. The summed E-state index contributed by atoms with van der Waals surface area (Å²) in [6, 6.07) is 31.9. The Labute approximate surface area is 232 Å². The second-order valence-corrected chi connectivity index (χ2v) is 10.4. The van der Waals surface area contributed by atoms with Gasteiger partial charge in [0.2, 0.25) is 0 Å². The van der Waals surface area contributed by atoms with E-state index in [4.69, 9.17) is 9.47 Å². The van der Waals surface area contributed by atoms with Gasteiger partial charge in [-0.25, -0.2) is 0 Å². The third-order valence-electron chi connectivity index (χ3n) is 8.25. The lowest BCUT2D eigenvalue weighted by atomic mass is 9.55. The zero-order valence-electron chi connectivity index (χ0n) is 22.1. The molecule has 0 saturated carbocycles. The van der Waals surface area contributed by atoms with Crippen molar-refractivity contribution in [1.82, 2.24) is 5.01 Å². The molecule has 198 valence electrons. The number of imide groups is 1. The Hall–Kier alpha value is -4.71. The van der Waals surface area contributed by atoms with Crippen molar-refractivity contribution in [1.29, 1.82) is 0 Å². The molecule has 4 aromatic carbocycles. The number of nitrogens with zero attached hydrogens (tertiary/aromatic N) is 2. The minimum absolute atomic E-state index is 0.148. The number of carbonyl (C=O) groups excluding carboxylic acids is 2. The molecule has 2 bridgehead atoms. The van der Waals surface area contributed by atoms with Crippen molar-refractivity contribution in [2.24, 2.45) is 16.9 Å². The summed E-state index contributed by atoms with van der Waals surface area (Å²) in [5.41, 5.74) is 6.35. The summed E-state index contributed by atoms with van der Waals surface area (Å²) in [5.74, 6) is -0.474. The van der Waals surface area contributed by atoms with Gasteiger partial charge in [0.25, 0.3) is 11.8 Å². The molecule has 2 amide bonds. The van der Waals surface area contributed by atoms with Gasteiger partial charge in [-0.05, 0) is 58.5 Å². The molecular formula is C34H28N2O4. The van der Waals surface area contributed by atoms with Crippen LogP contribution < -0.4 is 9.47 Å². The van der Waals surface area contributed by atoms with Gasteiger partial charge < -0.3 is 9.47 Å². The van der Waals surface area contributed by atoms with Crippen LogP contribution in [0.3, 0.4) is 0 Å². The first-order valence-corrected chi connectivity index (χ1v) is 13.7. The van der Waals surface area contributed by atoms with Crippen molar-refractivity contribution in [3.05, 3.63) is 130 Å². The van der Waals surface area contributed by atoms with Gasteiger partial charge in [-0.1, -0.05) is 78.9 Å². The lowest BCUT2D eigenvalue weighted by molar-refractivity contribution is -0.139. The number of amides is 2. The number of hydrogen-bond acceptors (Lipinski definition) is 5. The Morgan fingerprint density at radius 3 is 1.80 bits per heavy atom. The second kappa shape index (κ2) is 9.79. The Balaban J connectivity index is 1.17. The van der Waals surface area contributed by atoms with Gasteiger partial charge in [0.15, 0.2) is 11.5 Å². The van der Waals surface area contributed by atoms with Crippen molar-refractivity contribution >= 4 is 18.0 Å². The van der Waals surface area contributed by atoms with Crippen LogP contribution in [0.5, 0.6) is 11.5 Å². The smallest absolute Gasteiger partial charge is 0.254 e. The van der Waals surface area contributed by atoms with Gasteiger partial charge in [-0.2, -0.15) is 10.1 Å². The van der Waals surface area contributed by atoms with Crippen LogP contribution >= 0.6 is 0 Å². The zero-order valence-corrected chi connectivity index (χ0v) is 22.1. The summed E-state index contributed by atoms with van der Waals surface area (Å²) in [5, 5.41) is 5.53.